The molecule has 2 nitrogen and oxygen atoms in total. The molecule has 260 valence electrons. The summed E-state index contributed by atoms with van der Waals surface area (Å²) >= 11 is 1.85. The number of thiophene rings is 1. The molecular formula is C52H36N2S. The van der Waals surface area contributed by atoms with Crippen LogP contribution < -0.4 is 9.80 Å². The first-order valence-electron chi connectivity index (χ1n) is 18.7. The number of hydrogen-bond acceptors (Lipinski definition) is 3. The summed E-state index contributed by atoms with van der Waals surface area (Å²) in [5, 5.41) is 5.04. The van der Waals surface area contributed by atoms with Crippen molar-refractivity contribution >= 4 is 76.4 Å². The lowest BCUT2D eigenvalue weighted by atomic mass is 9.92. The van der Waals surface area contributed by atoms with E-state index >= 15 is 0 Å². The zero-order valence-electron chi connectivity index (χ0n) is 30.1. The summed E-state index contributed by atoms with van der Waals surface area (Å²) in [5.74, 6) is 0. The van der Waals surface area contributed by atoms with Gasteiger partial charge in [0.15, 0.2) is 0 Å². The Balaban J connectivity index is 1.05. The Kier molecular flexibility index (Phi) is 8.40. The Morgan fingerprint density at radius 3 is 1.45 bits per heavy atom. The normalized spacial score (nSPS) is 11.3. The van der Waals surface area contributed by atoms with E-state index in [4.69, 9.17) is 0 Å². The number of hydrogen-bond donors (Lipinski definition) is 0. The standard InChI is InChI=1S/C52H36N2S/c1-4-16-41(17-5-1)53(42-18-6-2-7-19-42)44-31-27-37(28-32-44)40-35-39-15-10-11-22-46(39)48(36-40)38-29-33-45(34-30-38)54(43-20-8-3-9-21-43)49-24-14-26-51-52(49)47-23-12-13-25-50(47)55-51/h1-36H. The summed E-state index contributed by atoms with van der Waals surface area (Å²) < 4.78 is 2.60. The molecule has 0 atom stereocenters. The minimum absolute atomic E-state index is 1.12. The molecule has 0 N–H and O–H groups in total. The number of fused-ring (bicyclic) bond motifs is 4. The van der Waals surface area contributed by atoms with E-state index in [9.17, 15) is 0 Å². The van der Waals surface area contributed by atoms with Gasteiger partial charge in [0.2, 0.25) is 0 Å². The van der Waals surface area contributed by atoms with Crippen molar-refractivity contribution in [1.29, 1.82) is 0 Å². The molecule has 0 aliphatic carbocycles. The van der Waals surface area contributed by atoms with Crippen LogP contribution in [0.4, 0.5) is 34.1 Å². The van der Waals surface area contributed by atoms with Gasteiger partial charge >= 0.3 is 0 Å². The molecule has 0 amide bonds. The van der Waals surface area contributed by atoms with Gasteiger partial charge in [0.1, 0.15) is 0 Å². The van der Waals surface area contributed by atoms with Crippen LogP contribution in [0, 0.1) is 0 Å². The van der Waals surface area contributed by atoms with E-state index in [1.54, 1.807) is 0 Å². The fourth-order valence-corrected chi connectivity index (χ4v) is 8.98. The summed E-state index contributed by atoms with van der Waals surface area (Å²) in [5.41, 5.74) is 11.6. The average Bonchev–Trinajstić information content (AvgIpc) is 3.65. The van der Waals surface area contributed by atoms with Crippen molar-refractivity contribution in [3.8, 4) is 22.3 Å². The quantitative estimate of drug-likeness (QED) is 0.154. The maximum absolute atomic E-state index is 2.40. The van der Waals surface area contributed by atoms with Crippen LogP contribution in [0.5, 0.6) is 0 Å². The minimum Gasteiger partial charge on any atom is -0.311 e. The molecule has 0 fully saturated rings. The van der Waals surface area contributed by atoms with E-state index in [0.29, 0.717) is 0 Å². The predicted octanol–water partition coefficient (Wildman–Crippen LogP) is 15.5. The summed E-state index contributed by atoms with van der Waals surface area (Å²) in [4.78, 5) is 4.70. The van der Waals surface area contributed by atoms with E-state index in [1.807, 2.05) is 11.3 Å². The summed E-state index contributed by atoms with van der Waals surface area (Å²) in [6.07, 6.45) is 0. The molecule has 0 radical (unpaired) electrons. The number of nitrogens with zero attached hydrogens (tertiary/aromatic N) is 2. The molecule has 0 saturated carbocycles. The van der Waals surface area contributed by atoms with Gasteiger partial charge in [-0.3, -0.25) is 0 Å². The second-order valence-electron chi connectivity index (χ2n) is 13.8. The smallest absolute Gasteiger partial charge is 0.0554 e. The van der Waals surface area contributed by atoms with Gasteiger partial charge in [-0.1, -0.05) is 127 Å². The molecule has 0 spiro atoms. The summed E-state index contributed by atoms with van der Waals surface area (Å²) in [6.45, 7) is 0. The van der Waals surface area contributed by atoms with Crippen molar-refractivity contribution in [3.05, 3.63) is 218 Å². The molecule has 9 aromatic carbocycles. The van der Waals surface area contributed by atoms with Crippen LogP contribution in [0.25, 0.3) is 53.2 Å². The number of rotatable bonds is 8. The molecule has 55 heavy (non-hydrogen) atoms. The molecule has 0 aliphatic rings. The lowest BCUT2D eigenvalue weighted by Gasteiger charge is -2.26. The maximum Gasteiger partial charge on any atom is 0.0554 e. The van der Waals surface area contributed by atoms with Crippen LogP contribution in [0.1, 0.15) is 0 Å². The molecule has 1 aromatic heterocycles. The molecule has 3 heteroatoms. The molecule has 0 aliphatic heterocycles. The van der Waals surface area contributed by atoms with Gasteiger partial charge in [0.25, 0.3) is 0 Å². The van der Waals surface area contributed by atoms with Crippen LogP contribution in [0.2, 0.25) is 0 Å². The van der Waals surface area contributed by atoms with Gasteiger partial charge in [0.05, 0.1) is 5.69 Å². The van der Waals surface area contributed by atoms with Gasteiger partial charge in [-0.25, -0.2) is 0 Å². The monoisotopic (exact) mass is 720 g/mol. The van der Waals surface area contributed by atoms with Crippen LogP contribution in [-0.4, -0.2) is 0 Å². The zero-order valence-corrected chi connectivity index (χ0v) is 30.9. The Bertz CT molecular complexity index is 2860. The van der Waals surface area contributed by atoms with Crippen LogP contribution in [0.3, 0.4) is 0 Å². The second-order valence-corrected chi connectivity index (χ2v) is 14.8. The number of anilines is 6. The van der Waals surface area contributed by atoms with Crippen LogP contribution >= 0.6 is 11.3 Å². The topological polar surface area (TPSA) is 6.48 Å². The highest BCUT2D eigenvalue weighted by molar-refractivity contribution is 7.26. The fourth-order valence-electron chi connectivity index (χ4n) is 7.86. The molecule has 10 aromatic rings. The lowest BCUT2D eigenvalue weighted by molar-refractivity contribution is 1.28. The number of benzene rings is 9. The van der Waals surface area contributed by atoms with E-state index in [-0.39, 0.29) is 0 Å². The van der Waals surface area contributed by atoms with E-state index in [0.717, 1.165) is 28.4 Å². The second kappa shape index (κ2) is 14.1. The molecule has 10 rings (SSSR count). The highest BCUT2D eigenvalue weighted by Crippen LogP contribution is 2.45. The van der Waals surface area contributed by atoms with Gasteiger partial charge < -0.3 is 9.80 Å². The average molecular weight is 721 g/mol. The highest BCUT2D eigenvalue weighted by Gasteiger charge is 2.19. The Hall–Kier alpha value is -6.94. The van der Waals surface area contributed by atoms with Crippen LogP contribution in [0.15, 0.2) is 218 Å². The lowest BCUT2D eigenvalue weighted by Crippen LogP contribution is -2.10. The Morgan fingerprint density at radius 1 is 0.309 bits per heavy atom. The third-order valence-electron chi connectivity index (χ3n) is 10.4. The number of para-hydroxylation sites is 3. The van der Waals surface area contributed by atoms with Crippen molar-refractivity contribution in [2.45, 2.75) is 0 Å². The Morgan fingerprint density at radius 2 is 0.800 bits per heavy atom. The highest BCUT2D eigenvalue weighted by atomic mass is 32.1. The van der Waals surface area contributed by atoms with Crippen molar-refractivity contribution < 1.29 is 0 Å². The third-order valence-corrected chi connectivity index (χ3v) is 11.6. The zero-order chi connectivity index (χ0) is 36.6. The first-order valence-corrected chi connectivity index (χ1v) is 19.5. The van der Waals surface area contributed by atoms with Gasteiger partial charge in [-0.15, -0.1) is 11.3 Å². The Labute approximate surface area is 325 Å². The largest absolute Gasteiger partial charge is 0.311 e. The summed E-state index contributed by atoms with van der Waals surface area (Å²) in [6, 6.07) is 78.7. The van der Waals surface area contributed by atoms with E-state index in [1.165, 1.54) is 58.9 Å². The van der Waals surface area contributed by atoms with Gasteiger partial charge in [-0.05, 0) is 124 Å². The molecule has 0 unspecified atom stereocenters. The predicted molar refractivity (Wildman–Crippen MR) is 237 cm³/mol. The third kappa shape index (κ3) is 6.11. The fraction of sp³-hybridized carbons (Fsp3) is 0. The molecule has 1 heterocycles. The van der Waals surface area contributed by atoms with Crippen molar-refractivity contribution in [2.24, 2.45) is 0 Å². The maximum atomic E-state index is 2.40. The van der Waals surface area contributed by atoms with Gasteiger partial charge in [-0.2, -0.15) is 0 Å². The first kappa shape index (κ1) is 32.7. The first-order chi connectivity index (χ1) is 27.3. The van der Waals surface area contributed by atoms with Crippen molar-refractivity contribution in [2.75, 3.05) is 9.80 Å². The molecule has 0 bridgehead atoms. The summed E-state index contributed by atoms with van der Waals surface area (Å²) in [7, 11) is 0. The SMILES string of the molecule is c1ccc(N(c2ccccc2)c2ccc(-c3cc(-c4ccc(N(c5ccccc5)c5cccc6sc7ccccc7c56)cc4)c4ccccc4c3)cc2)cc1. The van der Waals surface area contributed by atoms with Crippen molar-refractivity contribution in [1.82, 2.24) is 0 Å². The van der Waals surface area contributed by atoms with E-state index in [2.05, 4.69) is 228 Å². The molecular weight excluding hydrogens is 685 g/mol. The van der Waals surface area contributed by atoms with Crippen molar-refractivity contribution in [3.63, 3.8) is 0 Å². The van der Waals surface area contributed by atoms with Gasteiger partial charge in [0, 0.05) is 48.6 Å². The van der Waals surface area contributed by atoms with Crippen LogP contribution in [-0.2, 0) is 0 Å². The van der Waals surface area contributed by atoms with E-state index < -0.39 is 0 Å². The molecule has 0 saturated heterocycles. The minimum atomic E-state index is 1.12.